The van der Waals surface area contributed by atoms with Crippen molar-refractivity contribution in [2.45, 2.75) is 45.3 Å². The molecular weight excluding hydrogens is 356 g/mol. The van der Waals surface area contributed by atoms with Crippen molar-refractivity contribution in [3.63, 3.8) is 0 Å². The molecule has 0 unspecified atom stereocenters. The second-order valence-corrected chi connectivity index (χ2v) is 8.50. The summed E-state index contributed by atoms with van der Waals surface area (Å²) >= 11 is 0. The number of amides is 2. The molecule has 7 heteroatoms. The second kappa shape index (κ2) is 8.82. The molecule has 1 aromatic carbocycles. The number of hydrogen-bond acceptors (Lipinski definition) is 5. The molecule has 0 spiro atoms. The first-order chi connectivity index (χ1) is 13.3. The van der Waals surface area contributed by atoms with E-state index in [1.54, 1.807) is 4.90 Å². The Morgan fingerprint density at radius 3 is 2.21 bits per heavy atom. The molecule has 2 aliphatic rings. The number of carbonyl (C=O) groups is 2. The van der Waals surface area contributed by atoms with E-state index in [2.05, 4.69) is 15.5 Å². The van der Waals surface area contributed by atoms with Crippen LogP contribution in [0.15, 0.2) is 24.3 Å². The summed E-state index contributed by atoms with van der Waals surface area (Å²) < 4.78 is 5.44. The fourth-order valence-electron chi connectivity index (χ4n) is 3.53. The van der Waals surface area contributed by atoms with Gasteiger partial charge in [-0.3, -0.25) is 4.79 Å². The van der Waals surface area contributed by atoms with Gasteiger partial charge in [0.1, 0.15) is 5.60 Å². The summed E-state index contributed by atoms with van der Waals surface area (Å²) in [4.78, 5) is 28.6. The van der Waals surface area contributed by atoms with Gasteiger partial charge in [0.2, 0.25) is 0 Å². The molecule has 1 aromatic rings. The summed E-state index contributed by atoms with van der Waals surface area (Å²) in [5, 5.41) is 6.42. The highest BCUT2D eigenvalue weighted by molar-refractivity contribution is 5.94. The quantitative estimate of drug-likeness (QED) is 0.831. The van der Waals surface area contributed by atoms with Crippen molar-refractivity contribution in [2.75, 3.05) is 44.2 Å². The summed E-state index contributed by atoms with van der Waals surface area (Å²) in [5.74, 6) is -0.00630. The first-order valence-electron chi connectivity index (χ1n) is 10.2. The van der Waals surface area contributed by atoms with Crippen LogP contribution in [0.1, 0.15) is 44.0 Å². The highest BCUT2D eigenvalue weighted by atomic mass is 16.6. The standard InChI is InChI=1S/C21H32N4O3/c1-21(2,3)28-20(27)25-14-12-24(13-15-25)18-6-4-16(5-7-18)19(26)23-17-8-10-22-11-9-17/h4-7,17,22H,8-15H2,1-3H3,(H,23,26). The van der Waals surface area contributed by atoms with Crippen LogP contribution in [0.3, 0.4) is 0 Å². The third-order valence-corrected chi connectivity index (χ3v) is 5.10. The number of ether oxygens (including phenoxy) is 1. The molecule has 2 saturated heterocycles. The first kappa shape index (κ1) is 20.5. The minimum Gasteiger partial charge on any atom is -0.444 e. The smallest absolute Gasteiger partial charge is 0.410 e. The third kappa shape index (κ3) is 5.61. The Bertz CT molecular complexity index is 670. The first-order valence-corrected chi connectivity index (χ1v) is 10.2. The van der Waals surface area contributed by atoms with E-state index in [1.165, 1.54) is 0 Å². The van der Waals surface area contributed by atoms with E-state index in [4.69, 9.17) is 4.74 Å². The molecular formula is C21H32N4O3. The normalized spacial score (nSPS) is 18.7. The summed E-state index contributed by atoms with van der Waals surface area (Å²) in [5.41, 5.74) is 1.29. The molecule has 0 radical (unpaired) electrons. The summed E-state index contributed by atoms with van der Waals surface area (Å²) in [6.07, 6.45) is 1.70. The van der Waals surface area contributed by atoms with E-state index < -0.39 is 5.60 Å². The maximum atomic E-state index is 12.4. The Balaban J connectivity index is 1.50. The molecule has 0 aromatic heterocycles. The molecule has 2 amide bonds. The van der Waals surface area contributed by atoms with Crippen molar-refractivity contribution in [3.05, 3.63) is 29.8 Å². The van der Waals surface area contributed by atoms with Gasteiger partial charge in [-0.05, 0) is 71.0 Å². The SMILES string of the molecule is CC(C)(C)OC(=O)N1CCN(c2ccc(C(=O)NC3CCNCC3)cc2)CC1. The van der Waals surface area contributed by atoms with Crippen LogP contribution < -0.4 is 15.5 Å². The molecule has 2 fully saturated rings. The number of benzene rings is 1. The van der Waals surface area contributed by atoms with Crippen molar-refractivity contribution < 1.29 is 14.3 Å². The number of anilines is 1. The number of nitrogens with zero attached hydrogens (tertiary/aromatic N) is 2. The van der Waals surface area contributed by atoms with Gasteiger partial charge in [-0.25, -0.2) is 4.79 Å². The van der Waals surface area contributed by atoms with Crippen LogP contribution in [0.2, 0.25) is 0 Å². The largest absolute Gasteiger partial charge is 0.444 e. The minimum absolute atomic E-state index is 0.00630. The lowest BCUT2D eigenvalue weighted by atomic mass is 10.1. The average Bonchev–Trinajstić information content (AvgIpc) is 2.68. The summed E-state index contributed by atoms with van der Waals surface area (Å²) in [6, 6.07) is 7.99. The van der Waals surface area contributed by atoms with Crippen molar-refractivity contribution in [3.8, 4) is 0 Å². The Hall–Kier alpha value is -2.28. The molecule has 2 heterocycles. The Kier molecular flexibility index (Phi) is 6.44. The lowest BCUT2D eigenvalue weighted by Gasteiger charge is -2.36. The molecule has 0 aliphatic carbocycles. The van der Waals surface area contributed by atoms with Crippen LogP contribution in [0.4, 0.5) is 10.5 Å². The van der Waals surface area contributed by atoms with Gasteiger partial charge >= 0.3 is 6.09 Å². The lowest BCUT2D eigenvalue weighted by molar-refractivity contribution is 0.0240. The van der Waals surface area contributed by atoms with Gasteiger partial charge in [-0.15, -0.1) is 0 Å². The van der Waals surface area contributed by atoms with Crippen LogP contribution in [0.25, 0.3) is 0 Å². The Morgan fingerprint density at radius 2 is 1.64 bits per heavy atom. The molecule has 2 N–H and O–H groups in total. The fourth-order valence-corrected chi connectivity index (χ4v) is 3.53. The van der Waals surface area contributed by atoms with E-state index in [1.807, 2.05) is 45.0 Å². The number of hydrogen-bond donors (Lipinski definition) is 2. The highest BCUT2D eigenvalue weighted by Gasteiger charge is 2.26. The van der Waals surface area contributed by atoms with Gasteiger partial charge in [-0.1, -0.05) is 0 Å². The minimum atomic E-state index is -0.473. The number of rotatable bonds is 3. The fraction of sp³-hybridized carbons (Fsp3) is 0.619. The maximum absolute atomic E-state index is 12.4. The van der Waals surface area contributed by atoms with Gasteiger partial charge in [-0.2, -0.15) is 0 Å². The molecule has 0 bridgehead atoms. The molecule has 2 aliphatic heterocycles. The predicted octanol–water partition coefficient (Wildman–Crippen LogP) is 2.23. The van der Waals surface area contributed by atoms with Crippen molar-refractivity contribution >= 4 is 17.7 Å². The van der Waals surface area contributed by atoms with Gasteiger partial charge in [0.05, 0.1) is 0 Å². The topological polar surface area (TPSA) is 73.9 Å². The Labute approximate surface area is 167 Å². The number of piperidine rings is 1. The zero-order valence-corrected chi connectivity index (χ0v) is 17.2. The third-order valence-electron chi connectivity index (χ3n) is 5.10. The zero-order chi connectivity index (χ0) is 20.1. The van der Waals surface area contributed by atoms with Gasteiger partial charge in [0, 0.05) is 43.5 Å². The zero-order valence-electron chi connectivity index (χ0n) is 17.2. The van der Waals surface area contributed by atoms with Crippen LogP contribution in [-0.4, -0.2) is 67.8 Å². The van der Waals surface area contributed by atoms with E-state index in [9.17, 15) is 9.59 Å². The number of nitrogens with one attached hydrogen (secondary N) is 2. The van der Waals surface area contributed by atoms with E-state index in [0.29, 0.717) is 18.7 Å². The highest BCUT2D eigenvalue weighted by Crippen LogP contribution is 2.19. The van der Waals surface area contributed by atoms with Crippen LogP contribution in [-0.2, 0) is 4.74 Å². The van der Waals surface area contributed by atoms with E-state index >= 15 is 0 Å². The number of carbonyl (C=O) groups excluding carboxylic acids is 2. The molecule has 7 nitrogen and oxygen atoms in total. The van der Waals surface area contributed by atoms with Crippen molar-refractivity contribution in [1.29, 1.82) is 0 Å². The second-order valence-electron chi connectivity index (χ2n) is 8.50. The van der Waals surface area contributed by atoms with Gasteiger partial charge in [0.15, 0.2) is 0 Å². The van der Waals surface area contributed by atoms with E-state index in [0.717, 1.165) is 44.7 Å². The average molecular weight is 389 g/mol. The van der Waals surface area contributed by atoms with Gasteiger partial charge < -0.3 is 25.2 Å². The monoisotopic (exact) mass is 388 g/mol. The molecule has 154 valence electrons. The molecule has 0 atom stereocenters. The molecule has 3 rings (SSSR count). The summed E-state index contributed by atoms with van der Waals surface area (Å²) in [7, 11) is 0. The maximum Gasteiger partial charge on any atom is 0.410 e. The molecule has 28 heavy (non-hydrogen) atoms. The lowest BCUT2D eigenvalue weighted by Crippen LogP contribution is -2.50. The van der Waals surface area contributed by atoms with Crippen molar-refractivity contribution in [1.82, 2.24) is 15.5 Å². The molecule has 0 saturated carbocycles. The van der Waals surface area contributed by atoms with Crippen LogP contribution in [0.5, 0.6) is 0 Å². The summed E-state index contributed by atoms with van der Waals surface area (Å²) in [6.45, 7) is 10.3. The van der Waals surface area contributed by atoms with Crippen LogP contribution >= 0.6 is 0 Å². The predicted molar refractivity (Wildman–Crippen MR) is 110 cm³/mol. The Morgan fingerprint density at radius 1 is 1.04 bits per heavy atom. The van der Waals surface area contributed by atoms with Crippen LogP contribution in [0, 0.1) is 0 Å². The van der Waals surface area contributed by atoms with E-state index in [-0.39, 0.29) is 18.0 Å². The van der Waals surface area contributed by atoms with Crippen molar-refractivity contribution in [2.24, 2.45) is 0 Å². The van der Waals surface area contributed by atoms with Gasteiger partial charge in [0.25, 0.3) is 5.91 Å². The number of piperazine rings is 1.